The van der Waals surface area contributed by atoms with Crippen molar-refractivity contribution in [3.63, 3.8) is 0 Å². The Bertz CT molecular complexity index is 343. The van der Waals surface area contributed by atoms with Gasteiger partial charge in [-0.25, -0.2) is 4.68 Å². The quantitative estimate of drug-likeness (QED) is 0.242. The zero-order chi connectivity index (χ0) is 9.26. The fourth-order valence-electron chi connectivity index (χ4n) is 1.42. The summed E-state index contributed by atoms with van der Waals surface area (Å²) < 4.78 is 1.82. The standard InChI is InChI=1S/C7H11N5O/c8-6(11-13)5-4-10-12-3-1-2-9-7(5)12/h4,9,13H,1-3H2,(H2,8,11). The van der Waals surface area contributed by atoms with Crippen molar-refractivity contribution in [2.24, 2.45) is 10.9 Å². The van der Waals surface area contributed by atoms with Crippen LogP contribution in [0.4, 0.5) is 5.82 Å². The Morgan fingerprint density at radius 2 is 2.62 bits per heavy atom. The molecule has 0 bridgehead atoms. The Balaban J connectivity index is 2.42. The van der Waals surface area contributed by atoms with E-state index in [0.717, 1.165) is 25.3 Å². The van der Waals surface area contributed by atoms with Crippen molar-refractivity contribution in [1.82, 2.24) is 9.78 Å². The van der Waals surface area contributed by atoms with E-state index in [1.54, 1.807) is 6.20 Å². The maximum atomic E-state index is 8.51. The molecule has 0 saturated carbocycles. The fraction of sp³-hybridized carbons (Fsp3) is 0.429. The van der Waals surface area contributed by atoms with Crippen molar-refractivity contribution >= 4 is 11.7 Å². The first-order chi connectivity index (χ1) is 6.33. The second-order valence-electron chi connectivity index (χ2n) is 2.90. The average molecular weight is 181 g/mol. The van der Waals surface area contributed by atoms with E-state index in [9.17, 15) is 0 Å². The molecule has 6 heteroatoms. The van der Waals surface area contributed by atoms with Crippen molar-refractivity contribution < 1.29 is 5.21 Å². The number of aromatic nitrogens is 2. The van der Waals surface area contributed by atoms with Crippen molar-refractivity contribution in [3.05, 3.63) is 11.8 Å². The smallest absolute Gasteiger partial charge is 0.175 e. The molecule has 2 heterocycles. The summed E-state index contributed by atoms with van der Waals surface area (Å²) in [7, 11) is 0. The van der Waals surface area contributed by atoms with Gasteiger partial charge >= 0.3 is 0 Å². The molecule has 1 aliphatic rings. The number of nitrogens with zero attached hydrogens (tertiary/aromatic N) is 3. The molecule has 0 amide bonds. The first-order valence-electron chi connectivity index (χ1n) is 4.10. The van der Waals surface area contributed by atoms with E-state index < -0.39 is 0 Å². The van der Waals surface area contributed by atoms with Crippen LogP contribution >= 0.6 is 0 Å². The van der Waals surface area contributed by atoms with E-state index in [0.29, 0.717) is 5.56 Å². The maximum absolute atomic E-state index is 8.51. The van der Waals surface area contributed by atoms with Crippen LogP contribution in [0.25, 0.3) is 0 Å². The van der Waals surface area contributed by atoms with E-state index in [-0.39, 0.29) is 5.84 Å². The minimum Gasteiger partial charge on any atom is -0.409 e. The van der Waals surface area contributed by atoms with Gasteiger partial charge in [0, 0.05) is 13.1 Å². The molecule has 1 aliphatic heterocycles. The lowest BCUT2D eigenvalue weighted by Gasteiger charge is -2.16. The second-order valence-corrected chi connectivity index (χ2v) is 2.90. The number of hydrogen-bond donors (Lipinski definition) is 3. The lowest BCUT2D eigenvalue weighted by molar-refractivity contribution is 0.318. The predicted molar refractivity (Wildman–Crippen MR) is 47.8 cm³/mol. The van der Waals surface area contributed by atoms with Crippen LogP contribution in [-0.2, 0) is 6.54 Å². The number of anilines is 1. The molecule has 0 spiro atoms. The molecule has 2 rings (SSSR count). The summed E-state index contributed by atoms with van der Waals surface area (Å²) in [6.45, 7) is 1.78. The molecule has 13 heavy (non-hydrogen) atoms. The molecular formula is C7H11N5O. The molecule has 1 aromatic heterocycles. The van der Waals surface area contributed by atoms with Crippen molar-refractivity contribution in [1.29, 1.82) is 0 Å². The van der Waals surface area contributed by atoms with Crippen molar-refractivity contribution in [2.45, 2.75) is 13.0 Å². The van der Waals surface area contributed by atoms with Gasteiger partial charge in [-0.05, 0) is 6.42 Å². The molecule has 6 nitrogen and oxygen atoms in total. The van der Waals surface area contributed by atoms with Gasteiger partial charge < -0.3 is 16.3 Å². The number of nitrogens with one attached hydrogen (secondary N) is 1. The largest absolute Gasteiger partial charge is 0.409 e. The van der Waals surface area contributed by atoms with E-state index in [2.05, 4.69) is 15.6 Å². The van der Waals surface area contributed by atoms with Gasteiger partial charge in [-0.2, -0.15) is 5.10 Å². The normalized spacial score (nSPS) is 16.5. The van der Waals surface area contributed by atoms with Crippen LogP contribution in [0.5, 0.6) is 0 Å². The first kappa shape index (κ1) is 7.90. The molecule has 0 atom stereocenters. The third-order valence-electron chi connectivity index (χ3n) is 2.06. The summed E-state index contributed by atoms with van der Waals surface area (Å²) in [5.41, 5.74) is 6.12. The van der Waals surface area contributed by atoms with Crippen LogP contribution in [0.1, 0.15) is 12.0 Å². The van der Waals surface area contributed by atoms with Gasteiger partial charge in [-0.15, -0.1) is 0 Å². The van der Waals surface area contributed by atoms with Gasteiger partial charge in [0.15, 0.2) is 5.84 Å². The highest BCUT2D eigenvalue weighted by Crippen LogP contribution is 2.18. The number of oxime groups is 1. The van der Waals surface area contributed by atoms with Gasteiger partial charge in [-0.3, -0.25) is 0 Å². The number of hydrogen-bond acceptors (Lipinski definition) is 4. The molecule has 0 aromatic carbocycles. The molecule has 0 radical (unpaired) electrons. The molecule has 4 N–H and O–H groups in total. The summed E-state index contributed by atoms with van der Waals surface area (Å²) in [6.07, 6.45) is 2.65. The molecule has 70 valence electrons. The minimum atomic E-state index is 0.0932. The minimum absolute atomic E-state index is 0.0932. The van der Waals surface area contributed by atoms with Crippen molar-refractivity contribution in [2.75, 3.05) is 11.9 Å². The third kappa shape index (κ3) is 1.20. The molecule has 0 aliphatic carbocycles. The highest BCUT2D eigenvalue weighted by molar-refractivity contribution is 6.01. The Kier molecular flexibility index (Phi) is 1.80. The van der Waals surface area contributed by atoms with E-state index in [1.165, 1.54) is 0 Å². The Morgan fingerprint density at radius 1 is 1.77 bits per heavy atom. The zero-order valence-corrected chi connectivity index (χ0v) is 7.06. The van der Waals surface area contributed by atoms with Crippen LogP contribution in [0.2, 0.25) is 0 Å². The topological polar surface area (TPSA) is 88.5 Å². The van der Waals surface area contributed by atoms with E-state index in [1.807, 2.05) is 4.68 Å². The maximum Gasteiger partial charge on any atom is 0.175 e. The lowest BCUT2D eigenvalue weighted by atomic mass is 10.2. The third-order valence-corrected chi connectivity index (χ3v) is 2.06. The summed E-state index contributed by atoms with van der Waals surface area (Å²) in [5, 5.41) is 18.7. The molecular weight excluding hydrogens is 170 g/mol. The van der Waals surface area contributed by atoms with E-state index in [4.69, 9.17) is 10.9 Å². The van der Waals surface area contributed by atoms with Crippen LogP contribution in [-0.4, -0.2) is 27.4 Å². The monoisotopic (exact) mass is 181 g/mol. The summed E-state index contributed by atoms with van der Waals surface area (Å²) in [6, 6.07) is 0. The van der Waals surface area contributed by atoms with Gasteiger partial charge in [-0.1, -0.05) is 5.16 Å². The number of amidine groups is 1. The zero-order valence-electron chi connectivity index (χ0n) is 7.06. The van der Waals surface area contributed by atoms with E-state index >= 15 is 0 Å². The molecule has 0 fully saturated rings. The van der Waals surface area contributed by atoms with Crippen LogP contribution in [0.3, 0.4) is 0 Å². The van der Waals surface area contributed by atoms with Gasteiger partial charge in [0.05, 0.1) is 11.8 Å². The second kappa shape index (κ2) is 2.96. The Hall–Kier alpha value is -1.72. The fourth-order valence-corrected chi connectivity index (χ4v) is 1.42. The first-order valence-corrected chi connectivity index (χ1v) is 4.10. The van der Waals surface area contributed by atoms with Gasteiger partial charge in [0.25, 0.3) is 0 Å². The van der Waals surface area contributed by atoms with Gasteiger partial charge in [0.2, 0.25) is 0 Å². The number of aryl methyl sites for hydroxylation is 1. The summed E-state index contributed by atoms with van der Waals surface area (Å²) in [5.74, 6) is 0.928. The van der Waals surface area contributed by atoms with Crippen LogP contribution in [0, 0.1) is 0 Å². The molecule has 1 aromatic rings. The van der Waals surface area contributed by atoms with Crippen LogP contribution < -0.4 is 11.1 Å². The highest BCUT2D eigenvalue weighted by Gasteiger charge is 2.16. The molecule has 0 unspecified atom stereocenters. The summed E-state index contributed by atoms with van der Waals surface area (Å²) in [4.78, 5) is 0. The van der Waals surface area contributed by atoms with Crippen LogP contribution in [0.15, 0.2) is 11.4 Å². The van der Waals surface area contributed by atoms with Crippen molar-refractivity contribution in [3.8, 4) is 0 Å². The number of fused-ring (bicyclic) bond motifs is 1. The summed E-state index contributed by atoms with van der Waals surface area (Å²) >= 11 is 0. The predicted octanol–water partition coefficient (Wildman–Crippen LogP) is -0.207. The highest BCUT2D eigenvalue weighted by atomic mass is 16.4. The van der Waals surface area contributed by atoms with Gasteiger partial charge in [0.1, 0.15) is 5.82 Å². The average Bonchev–Trinajstić information content (AvgIpc) is 2.60. The number of nitrogens with two attached hydrogens (primary N) is 1. The molecule has 0 saturated heterocycles. The number of rotatable bonds is 1. The SMILES string of the molecule is N/C(=N\O)c1cnn2c1NCCC2. The lowest BCUT2D eigenvalue weighted by Crippen LogP contribution is -2.21. The Morgan fingerprint density at radius 3 is 3.38 bits per heavy atom. The Labute approximate surface area is 75.0 Å².